The highest BCUT2D eigenvalue weighted by Gasteiger charge is 2.79. The van der Waals surface area contributed by atoms with Gasteiger partial charge >= 0.3 is 41.8 Å². The number of benzene rings is 2. The molecule has 4 aliphatic rings. The third kappa shape index (κ3) is 14.1. The van der Waals surface area contributed by atoms with Crippen molar-refractivity contribution in [2.24, 2.45) is 28.6 Å². The van der Waals surface area contributed by atoms with Gasteiger partial charge in [-0.3, -0.25) is 38.4 Å². The van der Waals surface area contributed by atoms with Crippen LogP contribution in [-0.4, -0.2) is 146 Å². The number of carbonyl (C=O) groups is 10. The van der Waals surface area contributed by atoms with Gasteiger partial charge in [0.05, 0.1) is 29.3 Å². The van der Waals surface area contributed by atoms with Gasteiger partial charge in [0.15, 0.2) is 22.6 Å². The van der Waals surface area contributed by atoms with E-state index in [1.165, 1.54) is 64.4 Å². The highest BCUT2D eigenvalue weighted by Crippen LogP contribution is 2.65. The Bertz CT molecular complexity index is 3050. The molecular weight excluding hydrogens is 1120 g/mol. The molecule has 1 aliphatic heterocycles. The molecule has 12 atom stereocenters. The second-order valence-electron chi connectivity index (χ2n) is 23.5. The van der Waals surface area contributed by atoms with E-state index in [4.69, 9.17) is 33.2 Å². The van der Waals surface area contributed by atoms with Crippen LogP contribution in [0.1, 0.15) is 130 Å². The number of fused-ring (bicyclic) bond motifs is 5. The van der Waals surface area contributed by atoms with E-state index in [9.17, 15) is 48.6 Å². The summed E-state index contributed by atoms with van der Waals surface area (Å²) in [4.78, 5) is 150. The number of amides is 2. The summed E-state index contributed by atoms with van der Waals surface area (Å²) in [5.41, 5.74) is -8.43. The summed E-state index contributed by atoms with van der Waals surface area (Å²) in [5.74, 6) is -12.3. The number of carbonyl (C=O) groups excluding carboxylic acids is 9. The predicted molar refractivity (Wildman–Crippen MR) is 300 cm³/mol. The summed E-state index contributed by atoms with van der Waals surface area (Å²) < 4.78 is 43.8. The fourth-order valence-electron chi connectivity index (χ4n) is 12.2. The fraction of sp³-hybridized carbons (Fsp3) is 0.541. The minimum Gasteiger partial charge on any atom is -0.481 e. The normalized spacial score (nSPS) is 26.7. The van der Waals surface area contributed by atoms with E-state index < -0.39 is 162 Å². The second-order valence-corrected chi connectivity index (χ2v) is 24.5. The number of aliphatic hydroxyl groups is 1. The van der Waals surface area contributed by atoms with Crippen LogP contribution in [0.2, 0.25) is 0 Å². The Balaban J connectivity index is 1.40. The second kappa shape index (κ2) is 26.8. The van der Waals surface area contributed by atoms with Crippen LogP contribution in [0.4, 0.5) is 0 Å². The molecule has 0 radical (unpaired) electrons. The topological polar surface area (TPSA) is 326 Å². The molecule has 2 bridgehead atoms. The lowest BCUT2D eigenvalue weighted by atomic mass is 9.44. The number of aliphatic carboxylic acids is 1. The summed E-state index contributed by atoms with van der Waals surface area (Å²) in [7, 11) is 0. The summed E-state index contributed by atoms with van der Waals surface area (Å²) >= 11 is 0.948. The molecule has 2 aromatic carbocycles. The molecule has 2 heterocycles. The number of hydrogen-bond donors (Lipinski definition) is 4. The van der Waals surface area contributed by atoms with E-state index in [0.29, 0.717) is 0 Å². The van der Waals surface area contributed by atoms with E-state index in [1.807, 2.05) is 0 Å². The predicted octanol–water partition coefficient (Wildman–Crippen LogP) is 5.55. The van der Waals surface area contributed by atoms with Crippen molar-refractivity contribution in [3.8, 4) is 0 Å². The lowest BCUT2D eigenvalue weighted by molar-refractivity contribution is -0.346. The van der Waals surface area contributed by atoms with E-state index in [0.717, 1.165) is 25.6 Å². The van der Waals surface area contributed by atoms with Gasteiger partial charge in [0.1, 0.15) is 42.1 Å². The Kier molecular flexibility index (Phi) is 20.5. The minimum atomic E-state index is -2.59. The number of aromatic nitrogens is 2. The molecule has 0 unspecified atom stereocenters. The first kappa shape index (κ1) is 65.0. The van der Waals surface area contributed by atoms with Crippen LogP contribution in [0, 0.1) is 28.6 Å². The van der Waals surface area contributed by atoms with E-state index >= 15 is 9.59 Å². The lowest BCUT2D eigenvalue weighted by Crippen LogP contribution is -2.82. The van der Waals surface area contributed by atoms with Crippen molar-refractivity contribution in [1.82, 2.24) is 20.6 Å². The molecule has 7 rings (SSSR count). The van der Waals surface area contributed by atoms with Crippen LogP contribution in [0.3, 0.4) is 0 Å². The van der Waals surface area contributed by atoms with Crippen molar-refractivity contribution in [2.45, 2.75) is 173 Å². The number of thioether (sulfide) groups is 1. The molecule has 3 fully saturated rings. The number of ketones is 1. The Hall–Kier alpha value is -7.57. The van der Waals surface area contributed by atoms with Crippen LogP contribution in [0.5, 0.6) is 0 Å². The van der Waals surface area contributed by atoms with E-state index in [1.54, 1.807) is 70.2 Å². The van der Waals surface area contributed by atoms with Gasteiger partial charge in [0, 0.05) is 63.8 Å². The van der Waals surface area contributed by atoms with Crippen LogP contribution in [0.15, 0.2) is 95.4 Å². The monoisotopic (exact) mass is 1200 g/mol. The SMILES string of the molecule is CC(=O)O[C@H]1C(=O)[C@]2(C)[C@@H](OC(=O)CC(C)C)C[C@H]3OC[C@@]3(OC(C)=O)[C@H]2[C@H](OC(=O)c2ccccc2)[C@]2(O)C[C@H](OC(=O)[C@H](OC(=O)CC(C)C)[C@@H](NC(=O)[C@@H](CCC(=O)O)NC(=O)CSc3ncccn3)c3ccccc3)C(C)=C1C2(C)C. The minimum absolute atomic E-state index is 0.00770. The van der Waals surface area contributed by atoms with Crippen LogP contribution < -0.4 is 10.6 Å². The Morgan fingerprint density at radius 1 is 0.800 bits per heavy atom. The Morgan fingerprint density at radius 2 is 1.42 bits per heavy atom. The maximum Gasteiger partial charge on any atom is 0.350 e. The maximum absolute atomic E-state index is 16.4. The number of carboxylic acid groups (broad SMARTS) is 1. The van der Waals surface area contributed by atoms with Crippen molar-refractivity contribution in [3.63, 3.8) is 0 Å². The summed E-state index contributed by atoms with van der Waals surface area (Å²) in [5, 5.41) is 29.5. The van der Waals surface area contributed by atoms with Gasteiger partial charge in [0.25, 0.3) is 0 Å². The number of esters is 6. The highest BCUT2D eigenvalue weighted by atomic mass is 32.2. The van der Waals surface area contributed by atoms with Crippen molar-refractivity contribution >= 4 is 71.1 Å². The number of nitrogens with zero attached hydrogens (tertiary/aromatic N) is 2. The summed E-state index contributed by atoms with van der Waals surface area (Å²) in [6.45, 7) is 14.7. The van der Waals surface area contributed by atoms with Crippen LogP contribution in [0.25, 0.3) is 0 Å². The average molecular weight is 1200 g/mol. The molecule has 458 valence electrons. The summed E-state index contributed by atoms with van der Waals surface area (Å²) in [6.07, 6.45) is -9.77. The number of Topliss-reactive ketones (excluding diaryl/α,β-unsaturated/α-hetero) is 1. The molecule has 23 nitrogen and oxygen atoms in total. The molecule has 1 saturated heterocycles. The van der Waals surface area contributed by atoms with Gasteiger partial charge in [-0.25, -0.2) is 19.6 Å². The zero-order valence-electron chi connectivity index (χ0n) is 49.2. The standard InChI is InChI=1S/C61H74N4O19S/c1-32(2)26-45(71)81-41-28-42-60(31-78-42,84-36(7)67)51-53(83-55(75)38-20-15-12-16-21-38)61(77)29-40(34(5)47(58(61,8)9)49(79-35(6)66)52(73)59(41,51)10)80-56(76)50(82-46(72)27-33(3)4)48(37-18-13-11-14-19-37)65-54(74)39(22-23-44(69)70)64-43(68)30-85-57-62-24-17-25-63-57/h11-21,24-25,32-33,39-42,48-51,53,77H,22-23,26-31H2,1-10H3,(H,64,68)(H,65,74)(H,69,70)/t39-,40+,41+,42-,48+,49-,50-,51+,53+,59-,60+,61-/m1/s1. The molecular formula is C61H74N4O19S. The van der Waals surface area contributed by atoms with Gasteiger partial charge in [-0.2, -0.15) is 0 Å². The zero-order valence-corrected chi connectivity index (χ0v) is 50.0. The van der Waals surface area contributed by atoms with Gasteiger partial charge in [-0.05, 0) is 67.0 Å². The lowest BCUT2D eigenvalue weighted by Gasteiger charge is -2.67. The van der Waals surface area contributed by atoms with Crippen LogP contribution in [-0.2, 0) is 76.3 Å². The highest BCUT2D eigenvalue weighted by molar-refractivity contribution is 7.99. The molecule has 2 amide bonds. The van der Waals surface area contributed by atoms with Crippen molar-refractivity contribution in [3.05, 3.63) is 101 Å². The largest absolute Gasteiger partial charge is 0.481 e. The van der Waals surface area contributed by atoms with E-state index in [-0.39, 0.29) is 64.3 Å². The first-order valence-corrected chi connectivity index (χ1v) is 29.1. The van der Waals surface area contributed by atoms with Crippen molar-refractivity contribution in [2.75, 3.05) is 12.4 Å². The molecule has 3 aliphatic carbocycles. The smallest absolute Gasteiger partial charge is 0.350 e. The Morgan fingerprint density at radius 3 is 2.00 bits per heavy atom. The third-order valence-electron chi connectivity index (χ3n) is 16.3. The maximum atomic E-state index is 16.4. The molecule has 24 heteroatoms. The summed E-state index contributed by atoms with van der Waals surface area (Å²) in [6, 6.07) is 13.8. The van der Waals surface area contributed by atoms with Gasteiger partial charge in [-0.1, -0.05) is 102 Å². The first-order chi connectivity index (χ1) is 40.0. The number of hydrogen-bond acceptors (Lipinski definition) is 21. The third-order valence-corrected chi connectivity index (χ3v) is 17.1. The molecule has 3 aromatic rings. The van der Waals surface area contributed by atoms with Crippen molar-refractivity contribution < 1.29 is 91.3 Å². The van der Waals surface area contributed by atoms with Crippen molar-refractivity contribution in [1.29, 1.82) is 0 Å². The quantitative estimate of drug-likeness (QED) is 0.0297. The fourth-order valence-corrected chi connectivity index (χ4v) is 12.8. The molecule has 4 N–H and O–H groups in total. The van der Waals surface area contributed by atoms with Gasteiger partial charge in [-0.15, -0.1) is 0 Å². The van der Waals surface area contributed by atoms with Crippen LogP contribution >= 0.6 is 11.8 Å². The molecule has 1 aromatic heterocycles. The number of ether oxygens (including phenoxy) is 7. The van der Waals surface area contributed by atoms with E-state index in [2.05, 4.69) is 20.6 Å². The Labute approximate surface area is 496 Å². The van der Waals surface area contributed by atoms with Gasteiger partial charge < -0.3 is 54.0 Å². The zero-order chi connectivity index (χ0) is 62.3. The number of nitrogens with one attached hydrogen (secondary N) is 2. The van der Waals surface area contributed by atoms with Gasteiger partial charge in [0.2, 0.25) is 17.9 Å². The molecule has 85 heavy (non-hydrogen) atoms. The molecule has 0 spiro atoms. The number of rotatable bonds is 23. The average Bonchev–Trinajstić information content (AvgIpc) is 0.803. The number of carboxylic acids is 1. The first-order valence-electron chi connectivity index (χ1n) is 28.1. The molecule has 2 saturated carbocycles.